The molecular weight excluding hydrogens is 246 g/mol. The summed E-state index contributed by atoms with van der Waals surface area (Å²) in [5.74, 6) is 0.927. The lowest BCUT2D eigenvalue weighted by molar-refractivity contribution is 1.04. The van der Waals surface area contributed by atoms with Gasteiger partial charge in [-0.3, -0.25) is 4.57 Å². The molecule has 4 rings (SSSR count). The molecule has 0 fully saturated rings. The Morgan fingerprint density at radius 3 is 2.75 bits per heavy atom. The van der Waals surface area contributed by atoms with Crippen LogP contribution in [0.15, 0.2) is 61.1 Å². The second kappa shape index (κ2) is 4.17. The third-order valence-electron chi connectivity index (χ3n) is 3.66. The third kappa shape index (κ3) is 1.53. The predicted molar refractivity (Wildman–Crippen MR) is 81.1 cm³/mol. The zero-order chi connectivity index (χ0) is 13.5. The SMILES string of the molecule is Cc1cccc2c1ncn2-c1nccc2ccccc12. The normalized spacial score (nSPS) is 11.2. The first-order chi connectivity index (χ1) is 9.84. The molecule has 0 saturated carbocycles. The second-order valence-corrected chi connectivity index (χ2v) is 4.91. The second-order valence-electron chi connectivity index (χ2n) is 4.91. The van der Waals surface area contributed by atoms with Crippen LogP contribution in [-0.4, -0.2) is 14.5 Å². The minimum atomic E-state index is 0.927. The van der Waals surface area contributed by atoms with Crippen LogP contribution in [0.4, 0.5) is 0 Å². The van der Waals surface area contributed by atoms with Crippen molar-refractivity contribution in [3.63, 3.8) is 0 Å². The number of para-hydroxylation sites is 1. The lowest BCUT2D eigenvalue weighted by atomic mass is 10.1. The van der Waals surface area contributed by atoms with E-state index in [1.54, 1.807) is 0 Å². The Hall–Kier alpha value is -2.68. The highest BCUT2D eigenvalue weighted by Crippen LogP contribution is 2.24. The topological polar surface area (TPSA) is 30.7 Å². The summed E-state index contributed by atoms with van der Waals surface area (Å²) in [6.07, 6.45) is 3.70. The van der Waals surface area contributed by atoms with Crippen molar-refractivity contribution in [2.45, 2.75) is 6.92 Å². The van der Waals surface area contributed by atoms with Gasteiger partial charge in [0.25, 0.3) is 0 Å². The van der Waals surface area contributed by atoms with E-state index in [-0.39, 0.29) is 0 Å². The van der Waals surface area contributed by atoms with Crippen LogP contribution in [0.3, 0.4) is 0 Å². The van der Waals surface area contributed by atoms with Gasteiger partial charge in [0.2, 0.25) is 0 Å². The lowest BCUT2D eigenvalue weighted by Gasteiger charge is -2.07. The number of hydrogen-bond acceptors (Lipinski definition) is 2. The first-order valence-electron chi connectivity index (χ1n) is 6.61. The molecule has 0 N–H and O–H groups in total. The van der Waals surface area contributed by atoms with Crippen molar-refractivity contribution >= 4 is 21.8 Å². The molecular formula is C17H13N3. The van der Waals surface area contributed by atoms with Crippen LogP contribution in [0.5, 0.6) is 0 Å². The molecule has 3 nitrogen and oxygen atoms in total. The molecule has 0 atom stereocenters. The van der Waals surface area contributed by atoms with Gasteiger partial charge in [-0.05, 0) is 30.0 Å². The number of fused-ring (bicyclic) bond motifs is 2. The van der Waals surface area contributed by atoms with Gasteiger partial charge in [-0.1, -0.05) is 36.4 Å². The van der Waals surface area contributed by atoms with Crippen molar-refractivity contribution in [2.24, 2.45) is 0 Å². The van der Waals surface area contributed by atoms with E-state index >= 15 is 0 Å². The zero-order valence-corrected chi connectivity index (χ0v) is 11.1. The number of rotatable bonds is 1. The Morgan fingerprint density at radius 1 is 0.900 bits per heavy atom. The Morgan fingerprint density at radius 2 is 1.80 bits per heavy atom. The molecule has 2 heterocycles. The maximum absolute atomic E-state index is 4.55. The van der Waals surface area contributed by atoms with Crippen molar-refractivity contribution in [1.29, 1.82) is 0 Å². The van der Waals surface area contributed by atoms with Gasteiger partial charge in [-0.2, -0.15) is 0 Å². The fourth-order valence-corrected chi connectivity index (χ4v) is 2.65. The Labute approximate surface area is 116 Å². The maximum atomic E-state index is 4.55. The van der Waals surface area contributed by atoms with Crippen molar-refractivity contribution in [3.8, 4) is 5.82 Å². The minimum Gasteiger partial charge on any atom is -0.282 e. The number of benzene rings is 2. The summed E-state index contributed by atoms with van der Waals surface area (Å²) < 4.78 is 2.06. The summed E-state index contributed by atoms with van der Waals surface area (Å²) in [6, 6.07) is 16.5. The predicted octanol–water partition coefficient (Wildman–Crippen LogP) is 3.88. The summed E-state index contributed by atoms with van der Waals surface area (Å²) in [5, 5.41) is 2.32. The first kappa shape index (κ1) is 11.2. The van der Waals surface area contributed by atoms with Crippen molar-refractivity contribution < 1.29 is 0 Å². The van der Waals surface area contributed by atoms with E-state index < -0.39 is 0 Å². The molecule has 96 valence electrons. The van der Waals surface area contributed by atoms with Gasteiger partial charge in [-0.25, -0.2) is 9.97 Å². The van der Waals surface area contributed by atoms with Gasteiger partial charge < -0.3 is 0 Å². The molecule has 3 heteroatoms. The number of pyridine rings is 1. The molecule has 2 aromatic carbocycles. The summed E-state index contributed by atoms with van der Waals surface area (Å²) in [7, 11) is 0. The van der Waals surface area contributed by atoms with E-state index in [2.05, 4.69) is 51.8 Å². The van der Waals surface area contributed by atoms with Crippen LogP contribution < -0.4 is 0 Å². The molecule has 20 heavy (non-hydrogen) atoms. The molecule has 0 unspecified atom stereocenters. The average molecular weight is 259 g/mol. The third-order valence-corrected chi connectivity index (χ3v) is 3.66. The van der Waals surface area contributed by atoms with E-state index in [9.17, 15) is 0 Å². The number of aromatic nitrogens is 3. The highest BCUT2D eigenvalue weighted by atomic mass is 15.1. The standard InChI is InChI=1S/C17H13N3/c1-12-5-4-8-15-16(12)19-11-20(15)17-14-7-3-2-6-13(14)9-10-18-17/h2-11H,1H3. The maximum Gasteiger partial charge on any atom is 0.146 e. The van der Waals surface area contributed by atoms with Gasteiger partial charge in [0.15, 0.2) is 0 Å². The molecule has 0 spiro atoms. The first-order valence-corrected chi connectivity index (χ1v) is 6.61. The number of nitrogens with zero attached hydrogens (tertiary/aromatic N) is 3. The van der Waals surface area contributed by atoms with Crippen LogP contribution in [0.1, 0.15) is 5.56 Å². The molecule has 0 aliphatic rings. The van der Waals surface area contributed by atoms with Gasteiger partial charge in [0.05, 0.1) is 11.0 Å². The van der Waals surface area contributed by atoms with Crippen molar-refractivity contribution in [3.05, 3.63) is 66.6 Å². The van der Waals surface area contributed by atoms with Crippen LogP contribution in [0, 0.1) is 6.92 Å². The molecule has 0 amide bonds. The minimum absolute atomic E-state index is 0.927. The molecule has 0 saturated heterocycles. The fraction of sp³-hybridized carbons (Fsp3) is 0.0588. The molecule has 0 aliphatic carbocycles. The van der Waals surface area contributed by atoms with Crippen molar-refractivity contribution in [1.82, 2.24) is 14.5 Å². The number of imidazole rings is 1. The summed E-state index contributed by atoms with van der Waals surface area (Å²) >= 11 is 0. The molecule has 0 aliphatic heterocycles. The van der Waals surface area contributed by atoms with Crippen LogP contribution in [-0.2, 0) is 0 Å². The number of hydrogen-bond donors (Lipinski definition) is 0. The van der Waals surface area contributed by atoms with Gasteiger partial charge in [0.1, 0.15) is 12.1 Å². The van der Waals surface area contributed by atoms with Crippen molar-refractivity contribution in [2.75, 3.05) is 0 Å². The largest absolute Gasteiger partial charge is 0.282 e. The average Bonchev–Trinajstić information content (AvgIpc) is 2.92. The van der Waals surface area contributed by atoms with E-state index in [4.69, 9.17) is 0 Å². The van der Waals surface area contributed by atoms with Crippen LogP contribution in [0.2, 0.25) is 0 Å². The monoisotopic (exact) mass is 259 g/mol. The Balaban J connectivity index is 2.09. The summed E-state index contributed by atoms with van der Waals surface area (Å²) in [5.41, 5.74) is 3.30. The summed E-state index contributed by atoms with van der Waals surface area (Å²) in [4.78, 5) is 9.08. The van der Waals surface area contributed by atoms with E-state index in [1.165, 1.54) is 10.9 Å². The number of aryl methyl sites for hydroxylation is 1. The quantitative estimate of drug-likeness (QED) is 0.519. The zero-order valence-electron chi connectivity index (χ0n) is 11.1. The Kier molecular flexibility index (Phi) is 2.33. The molecule has 0 bridgehead atoms. The van der Waals surface area contributed by atoms with E-state index in [0.717, 1.165) is 22.2 Å². The van der Waals surface area contributed by atoms with E-state index in [0.29, 0.717) is 0 Å². The highest BCUT2D eigenvalue weighted by molar-refractivity contribution is 5.90. The van der Waals surface area contributed by atoms with Gasteiger partial charge in [-0.15, -0.1) is 0 Å². The fourth-order valence-electron chi connectivity index (χ4n) is 2.65. The smallest absolute Gasteiger partial charge is 0.146 e. The van der Waals surface area contributed by atoms with E-state index in [1.807, 2.05) is 30.7 Å². The van der Waals surface area contributed by atoms with Crippen LogP contribution in [0.25, 0.3) is 27.6 Å². The molecule has 2 aromatic heterocycles. The Bertz CT molecular complexity index is 916. The highest BCUT2D eigenvalue weighted by Gasteiger charge is 2.09. The van der Waals surface area contributed by atoms with Gasteiger partial charge in [0, 0.05) is 11.6 Å². The lowest BCUT2D eigenvalue weighted by Crippen LogP contribution is -1.96. The van der Waals surface area contributed by atoms with Gasteiger partial charge >= 0.3 is 0 Å². The summed E-state index contributed by atoms with van der Waals surface area (Å²) in [6.45, 7) is 2.08. The van der Waals surface area contributed by atoms with Crippen LogP contribution >= 0.6 is 0 Å². The molecule has 0 radical (unpaired) electrons. The molecule has 4 aromatic rings.